The molecule has 2 aliphatic rings. The monoisotopic (exact) mass is 462 g/mol. The van der Waals surface area contributed by atoms with Gasteiger partial charge in [0.25, 0.3) is 0 Å². The minimum atomic E-state index is 0.828. The Morgan fingerprint density at radius 2 is 0.941 bits per heavy atom. The Hall–Kier alpha value is -1.96. The van der Waals surface area contributed by atoms with Crippen molar-refractivity contribution < 1.29 is 9.47 Å². The van der Waals surface area contributed by atoms with Crippen molar-refractivity contribution in [1.82, 2.24) is 0 Å². The standard InChI is InChI=1S/C32H46O2/c1-25-9-3-5-11-27(25)13-7-23-33-31-19-15-29(16-20-31)30-17-21-32(22-18-30)34-24-8-14-28-12-6-4-10-26(28)2/h15-22,25-28H,3-14,23-24H2,1-2H3. The lowest BCUT2D eigenvalue weighted by Crippen LogP contribution is -2.17. The van der Waals surface area contributed by atoms with Gasteiger partial charge < -0.3 is 9.47 Å². The van der Waals surface area contributed by atoms with Crippen LogP contribution in [0.15, 0.2) is 48.5 Å². The van der Waals surface area contributed by atoms with Gasteiger partial charge in [0.15, 0.2) is 0 Å². The van der Waals surface area contributed by atoms with Crippen molar-refractivity contribution in [2.75, 3.05) is 13.2 Å². The molecular weight excluding hydrogens is 416 g/mol. The van der Waals surface area contributed by atoms with E-state index in [2.05, 4.69) is 62.4 Å². The van der Waals surface area contributed by atoms with Crippen LogP contribution in [0.1, 0.15) is 90.9 Å². The molecule has 2 nitrogen and oxygen atoms in total. The van der Waals surface area contributed by atoms with Gasteiger partial charge in [-0.15, -0.1) is 0 Å². The SMILES string of the molecule is CC1CCCCC1CCCOc1ccc(-c2ccc(OCCCC3CCCCC3C)cc2)cc1. The summed E-state index contributed by atoms with van der Waals surface area (Å²) in [4.78, 5) is 0. The molecule has 4 unspecified atom stereocenters. The maximum absolute atomic E-state index is 6.03. The van der Waals surface area contributed by atoms with Crippen molar-refractivity contribution in [2.24, 2.45) is 23.7 Å². The van der Waals surface area contributed by atoms with E-state index >= 15 is 0 Å². The van der Waals surface area contributed by atoms with Crippen LogP contribution in [-0.2, 0) is 0 Å². The molecule has 0 aromatic heterocycles. The second-order valence-corrected chi connectivity index (χ2v) is 11.1. The third-order valence-corrected chi connectivity index (χ3v) is 8.60. The number of benzene rings is 2. The van der Waals surface area contributed by atoms with Crippen LogP contribution in [0.4, 0.5) is 0 Å². The second-order valence-electron chi connectivity index (χ2n) is 11.1. The van der Waals surface area contributed by atoms with E-state index in [0.717, 1.165) is 61.2 Å². The van der Waals surface area contributed by atoms with E-state index in [0.29, 0.717) is 0 Å². The van der Waals surface area contributed by atoms with Gasteiger partial charge in [-0.2, -0.15) is 0 Å². The first-order valence-corrected chi connectivity index (χ1v) is 14.1. The van der Waals surface area contributed by atoms with Crippen LogP contribution in [-0.4, -0.2) is 13.2 Å². The van der Waals surface area contributed by atoms with Gasteiger partial charge in [0.05, 0.1) is 13.2 Å². The summed E-state index contributed by atoms with van der Waals surface area (Å²) >= 11 is 0. The third kappa shape index (κ3) is 7.52. The summed E-state index contributed by atoms with van der Waals surface area (Å²) in [7, 11) is 0. The van der Waals surface area contributed by atoms with Gasteiger partial charge in [-0.1, -0.05) is 89.5 Å². The molecule has 0 amide bonds. The predicted molar refractivity (Wildman–Crippen MR) is 144 cm³/mol. The fraction of sp³-hybridized carbons (Fsp3) is 0.625. The smallest absolute Gasteiger partial charge is 0.119 e. The minimum absolute atomic E-state index is 0.828. The Kier molecular flexibility index (Phi) is 9.77. The van der Waals surface area contributed by atoms with Crippen LogP contribution in [0.5, 0.6) is 11.5 Å². The number of hydrogen-bond acceptors (Lipinski definition) is 2. The van der Waals surface area contributed by atoms with Crippen LogP contribution in [0, 0.1) is 23.7 Å². The first-order chi connectivity index (χ1) is 16.7. The molecule has 0 bridgehead atoms. The first-order valence-electron chi connectivity index (χ1n) is 14.1. The molecule has 0 N–H and O–H groups in total. The van der Waals surface area contributed by atoms with Crippen LogP contribution in [0.25, 0.3) is 11.1 Å². The highest BCUT2D eigenvalue weighted by Gasteiger charge is 2.21. The summed E-state index contributed by atoms with van der Waals surface area (Å²) in [6.07, 6.45) is 16.3. The van der Waals surface area contributed by atoms with Crippen molar-refractivity contribution >= 4 is 0 Å². The summed E-state index contributed by atoms with van der Waals surface area (Å²) in [5, 5.41) is 0. The molecule has 0 saturated heterocycles. The van der Waals surface area contributed by atoms with Crippen LogP contribution in [0.3, 0.4) is 0 Å². The number of ether oxygens (including phenoxy) is 2. The van der Waals surface area contributed by atoms with Crippen molar-refractivity contribution in [3.05, 3.63) is 48.5 Å². The lowest BCUT2D eigenvalue weighted by atomic mass is 9.78. The predicted octanol–water partition coefficient (Wildman–Crippen LogP) is 9.32. The number of rotatable bonds is 11. The van der Waals surface area contributed by atoms with Gasteiger partial charge in [-0.3, -0.25) is 0 Å². The number of hydrogen-bond donors (Lipinski definition) is 0. The Labute approximate surface area is 208 Å². The molecule has 0 spiro atoms. The van der Waals surface area contributed by atoms with Gasteiger partial charge in [0.1, 0.15) is 11.5 Å². The maximum atomic E-state index is 6.03. The molecule has 0 radical (unpaired) electrons. The average Bonchev–Trinajstić information content (AvgIpc) is 2.87. The minimum Gasteiger partial charge on any atom is -0.494 e. The third-order valence-electron chi connectivity index (χ3n) is 8.60. The molecule has 0 heterocycles. The van der Waals surface area contributed by atoms with Gasteiger partial charge in [-0.05, 0) is 84.7 Å². The van der Waals surface area contributed by atoms with Gasteiger partial charge >= 0.3 is 0 Å². The van der Waals surface area contributed by atoms with Crippen LogP contribution >= 0.6 is 0 Å². The largest absolute Gasteiger partial charge is 0.494 e. The molecule has 4 atom stereocenters. The second kappa shape index (κ2) is 13.2. The zero-order valence-corrected chi connectivity index (χ0v) is 21.6. The lowest BCUT2D eigenvalue weighted by molar-refractivity contribution is 0.217. The highest BCUT2D eigenvalue weighted by Crippen LogP contribution is 2.34. The highest BCUT2D eigenvalue weighted by molar-refractivity contribution is 5.64. The molecular formula is C32H46O2. The fourth-order valence-corrected chi connectivity index (χ4v) is 6.20. The quantitative estimate of drug-likeness (QED) is 0.310. The van der Waals surface area contributed by atoms with Crippen molar-refractivity contribution in [3.8, 4) is 22.6 Å². The molecule has 2 saturated carbocycles. The summed E-state index contributed by atoms with van der Waals surface area (Å²) in [6, 6.07) is 17.1. The molecule has 0 aliphatic heterocycles. The summed E-state index contributed by atoms with van der Waals surface area (Å²) < 4.78 is 12.1. The van der Waals surface area contributed by atoms with Crippen molar-refractivity contribution in [1.29, 1.82) is 0 Å². The molecule has 2 fully saturated rings. The summed E-state index contributed by atoms with van der Waals surface area (Å²) in [5.74, 6) is 5.57. The topological polar surface area (TPSA) is 18.5 Å². The van der Waals surface area contributed by atoms with E-state index in [1.165, 1.54) is 75.3 Å². The molecule has 2 aliphatic carbocycles. The van der Waals surface area contributed by atoms with E-state index in [1.54, 1.807) is 0 Å². The fourth-order valence-electron chi connectivity index (χ4n) is 6.20. The molecule has 186 valence electrons. The van der Waals surface area contributed by atoms with E-state index in [1.807, 2.05) is 0 Å². The lowest BCUT2D eigenvalue weighted by Gasteiger charge is -2.28. The van der Waals surface area contributed by atoms with Gasteiger partial charge in [-0.25, -0.2) is 0 Å². The summed E-state index contributed by atoms with van der Waals surface area (Å²) in [5.41, 5.74) is 2.45. The zero-order valence-electron chi connectivity index (χ0n) is 21.6. The Balaban J connectivity index is 1.15. The first kappa shape index (κ1) is 25.1. The molecule has 2 aromatic carbocycles. The van der Waals surface area contributed by atoms with Crippen molar-refractivity contribution in [2.45, 2.75) is 90.9 Å². The van der Waals surface area contributed by atoms with Crippen LogP contribution < -0.4 is 9.47 Å². The van der Waals surface area contributed by atoms with Gasteiger partial charge in [0.2, 0.25) is 0 Å². The Morgan fingerprint density at radius 1 is 0.559 bits per heavy atom. The van der Waals surface area contributed by atoms with E-state index in [9.17, 15) is 0 Å². The molecule has 34 heavy (non-hydrogen) atoms. The van der Waals surface area contributed by atoms with E-state index in [4.69, 9.17) is 9.47 Å². The normalized spacial score (nSPS) is 25.1. The molecule has 2 heteroatoms. The van der Waals surface area contributed by atoms with Crippen molar-refractivity contribution in [3.63, 3.8) is 0 Å². The molecule has 4 rings (SSSR count). The highest BCUT2D eigenvalue weighted by atomic mass is 16.5. The Bertz CT molecular complexity index is 754. The van der Waals surface area contributed by atoms with E-state index in [-0.39, 0.29) is 0 Å². The van der Waals surface area contributed by atoms with E-state index < -0.39 is 0 Å². The average molecular weight is 463 g/mol. The zero-order chi connectivity index (χ0) is 23.6. The van der Waals surface area contributed by atoms with Gasteiger partial charge in [0, 0.05) is 0 Å². The maximum Gasteiger partial charge on any atom is 0.119 e. The Morgan fingerprint density at radius 3 is 1.32 bits per heavy atom. The molecule has 2 aromatic rings. The van der Waals surface area contributed by atoms with Crippen LogP contribution in [0.2, 0.25) is 0 Å². The summed E-state index contributed by atoms with van der Waals surface area (Å²) in [6.45, 7) is 6.52.